The first-order valence-electron chi connectivity index (χ1n) is 13.6. The summed E-state index contributed by atoms with van der Waals surface area (Å²) in [6.07, 6.45) is 9.19. The number of nitrogens with one attached hydrogen (secondary N) is 1. The molecule has 1 amide bonds. The largest absolute Gasteiger partial charge is 0.508 e. The minimum Gasteiger partial charge on any atom is -0.508 e. The van der Waals surface area contributed by atoms with Crippen molar-refractivity contribution >= 4 is 5.91 Å². The van der Waals surface area contributed by atoms with Gasteiger partial charge in [-0.3, -0.25) is 9.48 Å². The van der Waals surface area contributed by atoms with Crippen LogP contribution in [-0.4, -0.2) is 20.8 Å². The van der Waals surface area contributed by atoms with Crippen LogP contribution in [0.5, 0.6) is 5.75 Å². The second-order valence-corrected chi connectivity index (χ2v) is 11.5. The number of phenols is 1. The van der Waals surface area contributed by atoms with Crippen LogP contribution in [0.1, 0.15) is 85.2 Å². The van der Waals surface area contributed by atoms with E-state index in [-0.39, 0.29) is 11.3 Å². The second kappa shape index (κ2) is 9.10. The average Bonchev–Trinajstić information content (AvgIpc) is 3.39. The predicted molar refractivity (Wildman–Crippen MR) is 141 cm³/mol. The summed E-state index contributed by atoms with van der Waals surface area (Å²) in [6, 6.07) is 16.1. The summed E-state index contributed by atoms with van der Waals surface area (Å²) in [4.78, 5) is 12.6. The monoisotopic (exact) mass is 483 g/mol. The Labute approximate surface area is 213 Å². The molecule has 0 bridgehead atoms. The fraction of sp³-hybridized carbons (Fsp3) is 0.484. The molecule has 3 aliphatic carbocycles. The lowest BCUT2D eigenvalue weighted by molar-refractivity contribution is -0.121. The van der Waals surface area contributed by atoms with E-state index >= 15 is 0 Å². The molecule has 36 heavy (non-hydrogen) atoms. The Morgan fingerprint density at radius 1 is 1.17 bits per heavy atom. The maximum absolute atomic E-state index is 12.6. The number of hydrogen-bond acceptors (Lipinski definition) is 3. The predicted octanol–water partition coefficient (Wildman–Crippen LogP) is 5.72. The fourth-order valence-corrected chi connectivity index (χ4v) is 8.16. The lowest BCUT2D eigenvalue weighted by atomic mass is 9.53. The third-order valence-corrected chi connectivity index (χ3v) is 9.55. The van der Waals surface area contributed by atoms with Crippen LogP contribution >= 0.6 is 0 Å². The van der Waals surface area contributed by atoms with Gasteiger partial charge in [0.15, 0.2) is 0 Å². The molecule has 5 atom stereocenters. The van der Waals surface area contributed by atoms with Crippen molar-refractivity contribution in [2.75, 3.05) is 0 Å². The molecule has 1 fully saturated rings. The molecule has 1 saturated carbocycles. The van der Waals surface area contributed by atoms with Crippen molar-refractivity contribution in [2.24, 2.45) is 18.9 Å². The maximum atomic E-state index is 12.6. The zero-order valence-corrected chi connectivity index (χ0v) is 21.4. The van der Waals surface area contributed by atoms with Crippen molar-refractivity contribution in [3.8, 4) is 5.75 Å². The van der Waals surface area contributed by atoms with Gasteiger partial charge < -0.3 is 10.4 Å². The van der Waals surface area contributed by atoms with Gasteiger partial charge in [0.1, 0.15) is 5.75 Å². The highest BCUT2D eigenvalue weighted by atomic mass is 16.3. The van der Waals surface area contributed by atoms with Crippen LogP contribution < -0.4 is 5.32 Å². The van der Waals surface area contributed by atoms with E-state index in [4.69, 9.17) is 5.10 Å². The molecule has 6 rings (SSSR count). The van der Waals surface area contributed by atoms with E-state index in [1.54, 1.807) is 0 Å². The molecule has 0 unspecified atom stereocenters. The van der Waals surface area contributed by atoms with Crippen LogP contribution in [0.4, 0.5) is 0 Å². The Morgan fingerprint density at radius 3 is 2.83 bits per heavy atom. The summed E-state index contributed by atoms with van der Waals surface area (Å²) in [6.45, 7) is 3.07. The van der Waals surface area contributed by atoms with Crippen molar-refractivity contribution in [1.82, 2.24) is 15.1 Å². The topological polar surface area (TPSA) is 67.1 Å². The average molecular weight is 484 g/mol. The highest BCUT2D eigenvalue weighted by Gasteiger charge is 2.58. The summed E-state index contributed by atoms with van der Waals surface area (Å²) in [5.41, 5.74) is 6.92. The number of rotatable bonds is 6. The smallest absolute Gasteiger partial charge is 0.220 e. The minimum absolute atomic E-state index is 0.135. The first-order chi connectivity index (χ1) is 17.5. The third-order valence-electron chi connectivity index (χ3n) is 9.55. The number of aryl methyl sites for hydroxylation is 2. The molecule has 0 radical (unpaired) electrons. The number of fused-ring (bicyclic) bond motifs is 7. The molecular formula is C31H37N3O2. The van der Waals surface area contributed by atoms with Gasteiger partial charge in [0.05, 0.1) is 6.20 Å². The van der Waals surface area contributed by atoms with Gasteiger partial charge >= 0.3 is 0 Å². The number of hydrogen-bond donors (Lipinski definition) is 2. The molecule has 188 valence electrons. The number of nitrogens with zero attached hydrogens (tertiary/aromatic N) is 2. The van der Waals surface area contributed by atoms with Crippen LogP contribution in [0.25, 0.3) is 0 Å². The quantitative estimate of drug-likeness (QED) is 0.471. The van der Waals surface area contributed by atoms with Gasteiger partial charge in [-0.15, -0.1) is 0 Å². The Balaban J connectivity index is 1.20. The van der Waals surface area contributed by atoms with E-state index < -0.39 is 0 Å². The van der Waals surface area contributed by atoms with Crippen LogP contribution in [0, 0.1) is 11.8 Å². The van der Waals surface area contributed by atoms with Gasteiger partial charge in [-0.05, 0) is 96.6 Å². The minimum atomic E-state index is 0.135. The van der Waals surface area contributed by atoms with E-state index in [2.05, 4.69) is 36.2 Å². The van der Waals surface area contributed by atoms with Gasteiger partial charge in [-0.25, -0.2) is 0 Å². The molecule has 5 heteroatoms. The molecule has 1 heterocycles. The van der Waals surface area contributed by atoms with Crippen LogP contribution in [0.2, 0.25) is 0 Å². The van der Waals surface area contributed by atoms with Crippen molar-refractivity contribution < 1.29 is 9.90 Å². The lowest BCUT2D eigenvalue weighted by Gasteiger charge is -2.51. The van der Waals surface area contributed by atoms with E-state index in [0.29, 0.717) is 42.4 Å². The van der Waals surface area contributed by atoms with Crippen molar-refractivity contribution in [1.29, 1.82) is 0 Å². The number of aromatic hydroxyl groups is 1. The molecule has 3 aromatic rings. The van der Waals surface area contributed by atoms with Gasteiger partial charge in [0.25, 0.3) is 0 Å². The second-order valence-electron chi connectivity index (χ2n) is 11.5. The zero-order chi connectivity index (χ0) is 24.9. The number of aromatic nitrogens is 2. The summed E-state index contributed by atoms with van der Waals surface area (Å²) >= 11 is 0. The van der Waals surface area contributed by atoms with E-state index in [1.807, 2.05) is 42.5 Å². The third kappa shape index (κ3) is 3.84. The number of carbonyl (C=O) groups is 1. The summed E-state index contributed by atoms with van der Waals surface area (Å²) in [5, 5.41) is 17.8. The van der Waals surface area contributed by atoms with Crippen molar-refractivity contribution in [3.05, 3.63) is 82.7 Å². The molecule has 3 aliphatic rings. The van der Waals surface area contributed by atoms with Gasteiger partial charge in [-0.2, -0.15) is 5.10 Å². The normalized spacial score (nSPS) is 28.1. The lowest BCUT2D eigenvalue weighted by Crippen LogP contribution is -2.45. The Hall–Kier alpha value is -3.08. The van der Waals surface area contributed by atoms with Crippen LogP contribution in [-0.2, 0) is 30.2 Å². The van der Waals surface area contributed by atoms with Crippen molar-refractivity contribution in [2.45, 2.75) is 75.7 Å². The van der Waals surface area contributed by atoms with Gasteiger partial charge in [0.2, 0.25) is 5.91 Å². The van der Waals surface area contributed by atoms with Gasteiger partial charge in [-0.1, -0.05) is 43.3 Å². The first kappa shape index (κ1) is 23.3. The summed E-state index contributed by atoms with van der Waals surface area (Å²) in [7, 11) is 2.10. The highest BCUT2D eigenvalue weighted by Crippen LogP contribution is 2.64. The molecule has 5 nitrogen and oxygen atoms in total. The molecule has 0 aliphatic heterocycles. The summed E-state index contributed by atoms with van der Waals surface area (Å²) in [5.74, 6) is 2.74. The van der Waals surface area contributed by atoms with Crippen LogP contribution in [0.15, 0.2) is 54.7 Å². The molecule has 1 aromatic heterocycles. The molecular weight excluding hydrogens is 446 g/mol. The number of carbonyl (C=O) groups excluding carboxylic acids is 1. The number of phenolic OH excluding ortho intramolecular Hbond substituents is 1. The number of benzene rings is 2. The maximum Gasteiger partial charge on any atom is 0.220 e. The Kier molecular flexibility index (Phi) is 5.89. The number of amides is 1. The molecule has 0 saturated heterocycles. The first-order valence-corrected chi connectivity index (χ1v) is 13.6. The van der Waals surface area contributed by atoms with E-state index in [0.717, 1.165) is 24.8 Å². The van der Waals surface area contributed by atoms with E-state index in [9.17, 15) is 9.90 Å². The summed E-state index contributed by atoms with van der Waals surface area (Å²) < 4.78 is 2.13. The van der Waals surface area contributed by atoms with Gasteiger partial charge in [0, 0.05) is 31.1 Å². The van der Waals surface area contributed by atoms with E-state index in [1.165, 1.54) is 41.6 Å². The molecule has 2 N–H and O–H groups in total. The highest BCUT2D eigenvalue weighted by molar-refractivity contribution is 5.75. The zero-order valence-electron chi connectivity index (χ0n) is 21.4. The van der Waals surface area contributed by atoms with Crippen molar-refractivity contribution in [3.63, 3.8) is 0 Å². The fourth-order valence-electron chi connectivity index (χ4n) is 8.16. The molecule has 2 aromatic carbocycles. The Bertz CT molecular complexity index is 1270. The SMILES string of the molecule is Cn1ncc2c1[C@@]1(C)CC[C@@H]3c4ccc(O)cc4CC[C@H]3[C@@H]1[C@H]2CCCC(=O)NCc1ccccc1. The van der Waals surface area contributed by atoms with Crippen LogP contribution in [0.3, 0.4) is 0 Å². The molecule has 0 spiro atoms. The Morgan fingerprint density at radius 2 is 2.00 bits per heavy atom. The standard InChI is InChI=1S/C31H37N3O2/c1-31-16-15-24-23-14-12-22(35)17-21(23)11-13-26(24)29(31)25(27-19-33-34(2)30(27)31)9-6-10-28(36)32-18-20-7-4-3-5-8-20/h3-5,7-8,12,14,17,19,24-26,29,35H,6,9-11,13,15-16,18H2,1-2H3,(H,32,36)/t24-,25+,26-,29+,31+/m1/s1.